The summed E-state index contributed by atoms with van der Waals surface area (Å²) < 4.78 is 0. The number of nitrogens with zero attached hydrogens (tertiary/aromatic N) is 2. The average molecular weight is 332 g/mol. The molecule has 0 aromatic heterocycles. The van der Waals surface area contributed by atoms with Gasteiger partial charge in [0.2, 0.25) is 5.91 Å². The Bertz CT molecular complexity index is 497. The Morgan fingerprint density at radius 2 is 1.92 bits per heavy atom. The monoisotopic (exact) mass is 331 g/mol. The van der Waals surface area contributed by atoms with E-state index in [-0.39, 0.29) is 17.9 Å². The number of carbonyl (C=O) groups excluding carboxylic acids is 1. The molecule has 1 aliphatic rings. The molecule has 0 bridgehead atoms. The van der Waals surface area contributed by atoms with Gasteiger partial charge in [-0.05, 0) is 37.3 Å². The van der Waals surface area contributed by atoms with Gasteiger partial charge in [-0.2, -0.15) is 0 Å². The van der Waals surface area contributed by atoms with Crippen molar-refractivity contribution in [2.24, 2.45) is 17.6 Å². The maximum Gasteiger partial charge on any atom is 0.239 e. The molecule has 1 fully saturated rings. The van der Waals surface area contributed by atoms with Crippen LogP contribution in [0.2, 0.25) is 0 Å². The normalized spacial score (nSPS) is 18.6. The minimum absolute atomic E-state index is 0.139. The summed E-state index contributed by atoms with van der Waals surface area (Å²) in [7, 11) is 2.18. The van der Waals surface area contributed by atoms with Crippen molar-refractivity contribution < 1.29 is 4.79 Å². The van der Waals surface area contributed by atoms with Crippen LogP contribution in [0.1, 0.15) is 38.7 Å². The maximum atomic E-state index is 12.5. The Morgan fingerprint density at radius 3 is 2.50 bits per heavy atom. The Kier molecular flexibility index (Phi) is 7.25. The molecule has 1 amide bonds. The lowest BCUT2D eigenvalue weighted by molar-refractivity contribution is -0.135. The van der Waals surface area contributed by atoms with Gasteiger partial charge in [0.15, 0.2) is 0 Å². The van der Waals surface area contributed by atoms with Crippen LogP contribution in [-0.4, -0.2) is 48.4 Å². The van der Waals surface area contributed by atoms with Crippen LogP contribution in [-0.2, 0) is 11.3 Å². The summed E-state index contributed by atoms with van der Waals surface area (Å²) in [6.45, 7) is 7.94. The second kappa shape index (κ2) is 9.19. The summed E-state index contributed by atoms with van der Waals surface area (Å²) in [4.78, 5) is 16.8. The Balaban J connectivity index is 1.75. The van der Waals surface area contributed by atoms with Gasteiger partial charge in [-0.1, -0.05) is 50.6 Å². The van der Waals surface area contributed by atoms with Crippen molar-refractivity contribution in [1.82, 2.24) is 9.80 Å². The fraction of sp³-hybridized carbons (Fsp3) is 0.650. The van der Waals surface area contributed by atoms with E-state index >= 15 is 0 Å². The molecule has 1 saturated heterocycles. The number of hydrogen-bond donors (Lipinski definition) is 1. The van der Waals surface area contributed by atoms with Gasteiger partial charge in [0.25, 0.3) is 0 Å². The molecule has 1 aromatic carbocycles. The van der Waals surface area contributed by atoms with E-state index in [2.05, 4.69) is 56.1 Å². The Morgan fingerprint density at radius 1 is 1.29 bits per heavy atom. The summed E-state index contributed by atoms with van der Waals surface area (Å²) in [6, 6.07) is 10.2. The topological polar surface area (TPSA) is 49.6 Å². The standard InChI is InChI=1S/C20H33N3O/c1-4-16(2)19(21)20(24)23-12-10-18(11-13-23)15-22(3)14-17-8-6-5-7-9-17/h5-9,16,18-19H,4,10-15,21H2,1-3H3. The second-order valence-electron chi connectivity index (χ2n) is 7.36. The number of nitrogens with two attached hydrogens (primary N) is 1. The van der Waals surface area contributed by atoms with E-state index in [0.717, 1.165) is 45.4 Å². The number of hydrogen-bond acceptors (Lipinski definition) is 3. The number of piperidine rings is 1. The molecule has 2 rings (SSSR count). The highest BCUT2D eigenvalue weighted by molar-refractivity contribution is 5.82. The van der Waals surface area contributed by atoms with E-state index in [1.807, 2.05) is 4.90 Å². The zero-order valence-corrected chi connectivity index (χ0v) is 15.4. The minimum atomic E-state index is -0.340. The van der Waals surface area contributed by atoms with Gasteiger partial charge in [0.05, 0.1) is 6.04 Å². The van der Waals surface area contributed by atoms with Gasteiger partial charge in [-0.15, -0.1) is 0 Å². The summed E-state index contributed by atoms with van der Waals surface area (Å²) in [5.74, 6) is 1.07. The predicted molar refractivity (Wildman–Crippen MR) is 99.5 cm³/mol. The lowest BCUT2D eigenvalue weighted by Crippen LogP contribution is -2.50. The van der Waals surface area contributed by atoms with E-state index in [4.69, 9.17) is 5.73 Å². The third kappa shape index (κ3) is 5.32. The first-order valence-corrected chi connectivity index (χ1v) is 9.28. The average Bonchev–Trinajstić information content (AvgIpc) is 2.61. The van der Waals surface area contributed by atoms with Crippen molar-refractivity contribution in [2.75, 3.05) is 26.7 Å². The first kappa shape index (κ1) is 18.9. The zero-order valence-electron chi connectivity index (χ0n) is 15.4. The van der Waals surface area contributed by atoms with Gasteiger partial charge < -0.3 is 15.5 Å². The summed E-state index contributed by atoms with van der Waals surface area (Å²) >= 11 is 0. The van der Waals surface area contributed by atoms with Gasteiger partial charge in [-0.25, -0.2) is 0 Å². The summed E-state index contributed by atoms with van der Waals surface area (Å²) in [6.07, 6.45) is 3.11. The van der Waals surface area contributed by atoms with Gasteiger partial charge in [0, 0.05) is 26.2 Å². The van der Waals surface area contributed by atoms with E-state index in [0.29, 0.717) is 5.92 Å². The van der Waals surface area contributed by atoms with Crippen LogP contribution < -0.4 is 5.73 Å². The van der Waals surface area contributed by atoms with Gasteiger partial charge in [0.1, 0.15) is 0 Å². The van der Waals surface area contributed by atoms with Crippen LogP contribution in [0, 0.1) is 11.8 Å². The molecule has 0 saturated carbocycles. The molecule has 134 valence electrons. The molecular weight excluding hydrogens is 298 g/mol. The lowest BCUT2D eigenvalue weighted by Gasteiger charge is -2.36. The third-order valence-corrected chi connectivity index (χ3v) is 5.33. The third-order valence-electron chi connectivity index (χ3n) is 5.33. The molecule has 24 heavy (non-hydrogen) atoms. The summed E-state index contributed by atoms with van der Waals surface area (Å²) in [5, 5.41) is 0. The molecule has 4 heteroatoms. The molecule has 2 N–H and O–H groups in total. The van der Waals surface area contributed by atoms with Crippen LogP contribution in [0.4, 0.5) is 0 Å². The quantitative estimate of drug-likeness (QED) is 0.836. The van der Waals surface area contributed by atoms with Crippen LogP contribution in [0.5, 0.6) is 0 Å². The van der Waals surface area contributed by atoms with E-state index in [1.54, 1.807) is 0 Å². The Hall–Kier alpha value is -1.39. The largest absolute Gasteiger partial charge is 0.341 e. The van der Waals surface area contributed by atoms with Crippen LogP contribution in [0.15, 0.2) is 30.3 Å². The molecule has 2 atom stereocenters. The second-order valence-corrected chi connectivity index (χ2v) is 7.36. The molecule has 1 aromatic rings. The lowest BCUT2D eigenvalue weighted by atomic mass is 9.93. The molecule has 0 radical (unpaired) electrons. The Labute approximate surface area is 147 Å². The van der Waals surface area contributed by atoms with E-state index < -0.39 is 0 Å². The van der Waals surface area contributed by atoms with Crippen molar-refractivity contribution in [2.45, 2.75) is 45.7 Å². The van der Waals surface area contributed by atoms with Crippen molar-refractivity contribution in [3.05, 3.63) is 35.9 Å². The van der Waals surface area contributed by atoms with Crippen molar-refractivity contribution >= 4 is 5.91 Å². The van der Waals surface area contributed by atoms with Crippen molar-refractivity contribution in [3.8, 4) is 0 Å². The predicted octanol–water partition coefficient (Wildman–Crippen LogP) is 2.73. The highest BCUT2D eigenvalue weighted by Gasteiger charge is 2.28. The number of benzene rings is 1. The molecule has 0 aliphatic carbocycles. The van der Waals surface area contributed by atoms with Crippen LogP contribution >= 0.6 is 0 Å². The number of likely N-dealkylation sites (tertiary alicyclic amines) is 1. The van der Waals surface area contributed by atoms with Crippen molar-refractivity contribution in [3.63, 3.8) is 0 Å². The molecule has 1 heterocycles. The number of carbonyl (C=O) groups is 1. The van der Waals surface area contributed by atoms with Crippen molar-refractivity contribution in [1.29, 1.82) is 0 Å². The fourth-order valence-electron chi connectivity index (χ4n) is 3.44. The first-order valence-electron chi connectivity index (χ1n) is 9.28. The maximum absolute atomic E-state index is 12.5. The minimum Gasteiger partial charge on any atom is -0.341 e. The fourth-order valence-corrected chi connectivity index (χ4v) is 3.44. The zero-order chi connectivity index (χ0) is 17.5. The van der Waals surface area contributed by atoms with Gasteiger partial charge in [-0.3, -0.25) is 4.79 Å². The SMILES string of the molecule is CCC(C)C(N)C(=O)N1CCC(CN(C)Cc2ccccc2)CC1. The molecule has 2 unspecified atom stereocenters. The number of amides is 1. The van der Waals surface area contributed by atoms with E-state index in [9.17, 15) is 4.79 Å². The first-order chi connectivity index (χ1) is 11.5. The molecular formula is C20H33N3O. The molecule has 4 nitrogen and oxygen atoms in total. The number of rotatable bonds is 7. The van der Waals surface area contributed by atoms with E-state index in [1.165, 1.54) is 5.56 Å². The smallest absolute Gasteiger partial charge is 0.239 e. The summed E-state index contributed by atoms with van der Waals surface area (Å²) in [5.41, 5.74) is 7.46. The molecule has 1 aliphatic heterocycles. The van der Waals surface area contributed by atoms with Crippen LogP contribution in [0.3, 0.4) is 0 Å². The van der Waals surface area contributed by atoms with Crippen LogP contribution in [0.25, 0.3) is 0 Å². The highest BCUT2D eigenvalue weighted by atomic mass is 16.2. The van der Waals surface area contributed by atoms with Gasteiger partial charge >= 0.3 is 0 Å². The highest BCUT2D eigenvalue weighted by Crippen LogP contribution is 2.20. The molecule has 0 spiro atoms.